The number of hydrogen-bond donors (Lipinski definition) is 2. The van der Waals surface area contributed by atoms with Crippen LogP contribution in [0.2, 0.25) is 0 Å². The zero-order chi connectivity index (χ0) is 15.6. The Labute approximate surface area is 138 Å². The van der Waals surface area contributed by atoms with Crippen molar-refractivity contribution in [2.45, 2.75) is 62.8 Å². The Morgan fingerprint density at radius 1 is 1.19 bits per heavy atom. The molecule has 1 aliphatic rings. The zero-order valence-electron chi connectivity index (χ0n) is 13.8. The summed E-state index contributed by atoms with van der Waals surface area (Å²) in [6, 6.07) is 4.91. The fourth-order valence-electron chi connectivity index (χ4n) is 3.07. The van der Waals surface area contributed by atoms with Crippen molar-refractivity contribution < 1.29 is 0 Å². The first-order valence-electron chi connectivity index (χ1n) is 7.72. The molecule has 3 N–H and O–H groups in total. The Morgan fingerprint density at radius 3 is 2.33 bits per heavy atom. The summed E-state index contributed by atoms with van der Waals surface area (Å²) in [6.45, 7) is 11.3. The van der Waals surface area contributed by atoms with E-state index in [4.69, 9.17) is 5.84 Å². The third-order valence-corrected chi connectivity index (χ3v) is 8.05. The Kier molecular flexibility index (Phi) is 6.06. The molecule has 4 unspecified atom stereocenters. The van der Waals surface area contributed by atoms with Crippen LogP contribution in [0.5, 0.6) is 0 Å². The number of hydrazine groups is 1. The Balaban J connectivity index is 2.13. The van der Waals surface area contributed by atoms with Gasteiger partial charge in [0.05, 0.1) is 0 Å². The molecule has 21 heavy (non-hydrogen) atoms. The molecule has 1 fully saturated rings. The summed E-state index contributed by atoms with van der Waals surface area (Å²) in [4.78, 5) is 0. The largest absolute Gasteiger partial charge is 0.271 e. The van der Waals surface area contributed by atoms with E-state index in [0.29, 0.717) is 16.5 Å². The number of rotatable bonds is 4. The zero-order valence-corrected chi connectivity index (χ0v) is 15.4. The summed E-state index contributed by atoms with van der Waals surface area (Å²) >= 11 is 4.18. The maximum atomic E-state index is 5.89. The molecular formula is C17H28N2S2. The molecule has 4 heteroatoms. The average Bonchev–Trinajstić information content (AvgIpc) is 2.41. The van der Waals surface area contributed by atoms with Crippen molar-refractivity contribution in [1.29, 1.82) is 0 Å². The molecule has 0 amide bonds. The molecule has 1 aromatic carbocycles. The van der Waals surface area contributed by atoms with Crippen LogP contribution in [0, 0.1) is 20.8 Å². The van der Waals surface area contributed by atoms with E-state index in [2.05, 4.69) is 75.7 Å². The van der Waals surface area contributed by atoms with Crippen molar-refractivity contribution >= 4 is 23.5 Å². The van der Waals surface area contributed by atoms with Gasteiger partial charge in [-0.2, -0.15) is 23.5 Å². The van der Waals surface area contributed by atoms with Crippen LogP contribution in [0.25, 0.3) is 0 Å². The summed E-state index contributed by atoms with van der Waals surface area (Å²) < 4.78 is 0. The summed E-state index contributed by atoms with van der Waals surface area (Å²) in [7, 11) is 0. The number of hydrogen-bond acceptors (Lipinski definition) is 4. The van der Waals surface area contributed by atoms with E-state index in [1.54, 1.807) is 0 Å². The summed E-state index contributed by atoms with van der Waals surface area (Å²) in [5.74, 6) is 7.08. The minimum Gasteiger partial charge on any atom is -0.271 e. The number of thioether (sulfide) groups is 2. The number of aryl methyl sites for hydroxylation is 3. The van der Waals surface area contributed by atoms with Crippen LogP contribution >= 0.6 is 23.5 Å². The van der Waals surface area contributed by atoms with Gasteiger partial charge in [-0.1, -0.05) is 31.5 Å². The normalized spacial score (nSPS) is 27.6. The lowest BCUT2D eigenvalue weighted by Crippen LogP contribution is -2.48. The lowest BCUT2D eigenvalue weighted by molar-refractivity contribution is 0.519. The fourth-order valence-corrected chi connectivity index (χ4v) is 6.18. The average molecular weight is 325 g/mol. The number of nitrogens with two attached hydrogens (primary N) is 1. The van der Waals surface area contributed by atoms with Gasteiger partial charge in [-0.25, -0.2) is 0 Å². The van der Waals surface area contributed by atoms with E-state index in [-0.39, 0.29) is 0 Å². The fraction of sp³-hybridized carbons (Fsp3) is 0.647. The maximum absolute atomic E-state index is 5.89. The van der Waals surface area contributed by atoms with Gasteiger partial charge >= 0.3 is 0 Å². The van der Waals surface area contributed by atoms with Crippen LogP contribution < -0.4 is 11.3 Å². The van der Waals surface area contributed by atoms with E-state index in [1.807, 2.05) is 0 Å². The van der Waals surface area contributed by atoms with Gasteiger partial charge in [-0.3, -0.25) is 11.3 Å². The Bertz CT molecular complexity index is 467. The van der Waals surface area contributed by atoms with Gasteiger partial charge in [0.2, 0.25) is 0 Å². The highest BCUT2D eigenvalue weighted by molar-refractivity contribution is 8.07. The SMILES string of the molecule is Cc1cc(C)c(CC(NN)C2CSC(C)C(C)S2)c(C)c1. The molecule has 1 aliphatic heterocycles. The second-order valence-corrected chi connectivity index (χ2v) is 9.30. The standard InChI is InChI=1S/C17H28N2S2/c1-10-6-11(2)15(12(3)7-10)8-16(19-18)17-9-20-13(4)14(5)21-17/h6-7,13-14,16-17,19H,8-9,18H2,1-5H3. The van der Waals surface area contributed by atoms with Crippen molar-refractivity contribution in [2.75, 3.05) is 5.75 Å². The third-order valence-electron chi connectivity index (χ3n) is 4.50. The predicted molar refractivity (Wildman–Crippen MR) is 98.2 cm³/mol. The minimum absolute atomic E-state index is 0.345. The molecule has 0 aliphatic carbocycles. The maximum Gasteiger partial charge on any atom is 0.0378 e. The molecule has 0 bridgehead atoms. The van der Waals surface area contributed by atoms with Crippen molar-refractivity contribution in [3.05, 3.63) is 34.4 Å². The first-order chi connectivity index (χ1) is 9.92. The quantitative estimate of drug-likeness (QED) is 0.655. The van der Waals surface area contributed by atoms with Gasteiger partial charge in [0.25, 0.3) is 0 Å². The van der Waals surface area contributed by atoms with Gasteiger partial charge in [0.15, 0.2) is 0 Å². The second-order valence-electron chi connectivity index (χ2n) is 6.27. The molecule has 0 spiro atoms. The summed E-state index contributed by atoms with van der Waals surface area (Å²) in [6.07, 6.45) is 1.02. The summed E-state index contributed by atoms with van der Waals surface area (Å²) in [5.41, 5.74) is 8.68. The van der Waals surface area contributed by atoms with E-state index in [9.17, 15) is 0 Å². The van der Waals surface area contributed by atoms with Crippen LogP contribution in [0.1, 0.15) is 36.1 Å². The van der Waals surface area contributed by atoms with Crippen LogP contribution in [-0.2, 0) is 6.42 Å². The highest BCUT2D eigenvalue weighted by atomic mass is 32.2. The lowest BCUT2D eigenvalue weighted by Gasteiger charge is -2.36. The molecule has 2 rings (SSSR count). The third kappa shape index (κ3) is 4.19. The van der Waals surface area contributed by atoms with E-state index >= 15 is 0 Å². The van der Waals surface area contributed by atoms with Crippen molar-refractivity contribution in [1.82, 2.24) is 5.43 Å². The van der Waals surface area contributed by atoms with Crippen molar-refractivity contribution in [3.8, 4) is 0 Å². The van der Waals surface area contributed by atoms with Gasteiger partial charge in [-0.15, -0.1) is 0 Å². The van der Waals surface area contributed by atoms with Gasteiger partial charge < -0.3 is 0 Å². The topological polar surface area (TPSA) is 38.0 Å². The van der Waals surface area contributed by atoms with E-state index in [0.717, 1.165) is 11.7 Å². The van der Waals surface area contributed by atoms with E-state index in [1.165, 1.54) is 28.0 Å². The molecule has 2 nitrogen and oxygen atoms in total. The Hall–Kier alpha value is -0.160. The second kappa shape index (κ2) is 7.40. The molecule has 118 valence electrons. The minimum atomic E-state index is 0.345. The molecular weight excluding hydrogens is 296 g/mol. The smallest absolute Gasteiger partial charge is 0.0378 e. The van der Waals surface area contributed by atoms with E-state index < -0.39 is 0 Å². The number of benzene rings is 1. The Morgan fingerprint density at radius 2 is 1.81 bits per heavy atom. The predicted octanol–water partition coefficient (Wildman–Crippen LogP) is 3.61. The molecule has 0 saturated carbocycles. The van der Waals surface area contributed by atoms with Gasteiger partial charge in [0.1, 0.15) is 0 Å². The monoisotopic (exact) mass is 324 g/mol. The molecule has 0 radical (unpaired) electrons. The van der Waals surface area contributed by atoms with Crippen molar-refractivity contribution in [2.24, 2.45) is 5.84 Å². The van der Waals surface area contributed by atoms with Gasteiger partial charge in [-0.05, 0) is 43.9 Å². The molecule has 1 heterocycles. The first kappa shape index (κ1) is 17.2. The molecule has 4 atom stereocenters. The highest BCUT2D eigenvalue weighted by Gasteiger charge is 2.31. The number of nitrogens with one attached hydrogen (secondary N) is 1. The summed E-state index contributed by atoms with van der Waals surface area (Å²) in [5, 5.41) is 2.03. The molecule has 0 aromatic heterocycles. The van der Waals surface area contributed by atoms with Crippen molar-refractivity contribution in [3.63, 3.8) is 0 Å². The van der Waals surface area contributed by atoms with Crippen LogP contribution in [0.3, 0.4) is 0 Å². The van der Waals surface area contributed by atoms with Gasteiger partial charge in [0, 0.05) is 27.5 Å². The first-order valence-corrected chi connectivity index (χ1v) is 9.71. The molecule has 1 aromatic rings. The lowest BCUT2D eigenvalue weighted by atomic mass is 9.93. The van der Waals surface area contributed by atoms with Crippen LogP contribution in [0.4, 0.5) is 0 Å². The highest BCUT2D eigenvalue weighted by Crippen LogP contribution is 2.37. The van der Waals surface area contributed by atoms with Crippen LogP contribution in [0.15, 0.2) is 12.1 Å². The molecule has 1 saturated heterocycles. The van der Waals surface area contributed by atoms with Crippen LogP contribution in [-0.4, -0.2) is 27.5 Å².